The molecule has 20 heavy (non-hydrogen) atoms. The monoisotopic (exact) mass is 297 g/mol. The lowest BCUT2D eigenvalue weighted by Crippen LogP contribution is -2.19. The standard InChI is InChI=1S/C12H16ClN5O2/c1-16(2)9-15-12(8-18(19)20)17(3)7-10-4-5-11(13)14-6-10/h4-6,8-9H,7H2,1-3H3. The number of nitro groups is 1. The van der Waals surface area contributed by atoms with Gasteiger partial charge < -0.3 is 9.80 Å². The molecule has 0 bridgehead atoms. The van der Waals surface area contributed by atoms with Gasteiger partial charge in [-0.2, -0.15) is 0 Å². The number of aliphatic imine (C=N–C) groups is 1. The van der Waals surface area contributed by atoms with Gasteiger partial charge in [0, 0.05) is 33.9 Å². The van der Waals surface area contributed by atoms with E-state index in [1.807, 2.05) is 6.07 Å². The summed E-state index contributed by atoms with van der Waals surface area (Å²) in [6, 6.07) is 3.48. The van der Waals surface area contributed by atoms with Crippen LogP contribution in [0.1, 0.15) is 5.56 Å². The van der Waals surface area contributed by atoms with Gasteiger partial charge in [0.2, 0.25) is 5.82 Å². The van der Waals surface area contributed by atoms with Crippen LogP contribution >= 0.6 is 11.6 Å². The molecule has 0 unspecified atom stereocenters. The van der Waals surface area contributed by atoms with E-state index in [-0.39, 0.29) is 5.82 Å². The molecular formula is C12H16ClN5O2. The molecule has 7 nitrogen and oxygen atoms in total. The van der Waals surface area contributed by atoms with Crippen LogP contribution in [0.2, 0.25) is 5.15 Å². The van der Waals surface area contributed by atoms with E-state index in [1.165, 1.54) is 6.34 Å². The fourth-order valence-electron chi connectivity index (χ4n) is 1.35. The number of hydrogen-bond acceptors (Lipinski definition) is 5. The van der Waals surface area contributed by atoms with Crippen molar-refractivity contribution < 1.29 is 4.92 Å². The topological polar surface area (TPSA) is 74.9 Å². The lowest BCUT2D eigenvalue weighted by molar-refractivity contribution is -0.404. The Morgan fingerprint density at radius 2 is 2.20 bits per heavy atom. The van der Waals surface area contributed by atoms with E-state index in [0.717, 1.165) is 11.8 Å². The molecule has 1 aromatic rings. The molecule has 0 amide bonds. The first-order chi connectivity index (χ1) is 9.38. The van der Waals surface area contributed by atoms with Gasteiger partial charge in [-0.05, 0) is 11.6 Å². The van der Waals surface area contributed by atoms with Gasteiger partial charge in [-0.15, -0.1) is 0 Å². The van der Waals surface area contributed by atoms with E-state index in [0.29, 0.717) is 11.7 Å². The highest BCUT2D eigenvalue weighted by molar-refractivity contribution is 6.29. The summed E-state index contributed by atoms with van der Waals surface area (Å²) < 4.78 is 0. The van der Waals surface area contributed by atoms with E-state index < -0.39 is 4.92 Å². The predicted octanol–water partition coefficient (Wildman–Crippen LogP) is 1.83. The molecular weight excluding hydrogens is 282 g/mol. The summed E-state index contributed by atoms with van der Waals surface area (Å²) in [6.07, 6.45) is 3.99. The van der Waals surface area contributed by atoms with Crippen LogP contribution in [0.25, 0.3) is 0 Å². The average Bonchev–Trinajstić information content (AvgIpc) is 2.36. The lowest BCUT2D eigenvalue weighted by atomic mass is 10.3. The Labute approximate surface area is 122 Å². The van der Waals surface area contributed by atoms with Gasteiger partial charge >= 0.3 is 0 Å². The normalized spacial score (nSPS) is 11.7. The third-order valence-electron chi connectivity index (χ3n) is 2.24. The maximum atomic E-state index is 10.6. The second kappa shape index (κ2) is 7.44. The molecule has 0 spiro atoms. The SMILES string of the molecule is CN(C)C=NC(=C[N+](=O)[O-])N(C)Cc1ccc(Cl)nc1. The molecule has 0 saturated carbocycles. The molecule has 108 valence electrons. The van der Waals surface area contributed by atoms with Crippen molar-refractivity contribution in [1.82, 2.24) is 14.8 Å². The third kappa shape index (κ3) is 5.66. The Morgan fingerprint density at radius 1 is 1.50 bits per heavy atom. The molecule has 0 aromatic carbocycles. The van der Waals surface area contributed by atoms with E-state index in [4.69, 9.17) is 11.6 Å². The van der Waals surface area contributed by atoms with Gasteiger partial charge in [0.15, 0.2) is 0 Å². The largest absolute Gasteiger partial charge is 0.369 e. The molecule has 1 aromatic heterocycles. The molecule has 0 radical (unpaired) electrons. The summed E-state index contributed by atoms with van der Waals surface area (Å²) in [5.41, 5.74) is 0.881. The summed E-state index contributed by atoms with van der Waals surface area (Å²) in [7, 11) is 5.30. The molecule has 8 heteroatoms. The quantitative estimate of drug-likeness (QED) is 0.263. The first-order valence-corrected chi connectivity index (χ1v) is 6.14. The van der Waals surface area contributed by atoms with Crippen LogP contribution in [0.5, 0.6) is 0 Å². The number of aromatic nitrogens is 1. The summed E-state index contributed by atoms with van der Waals surface area (Å²) >= 11 is 5.71. The Kier molecular flexibility index (Phi) is 5.92. The zero-order valence-electron chi connectivity index (χ0n) is 11.5. The molecule has 0 N–H and O–H groups in total. The first-order valence-electron chi connectivity index (χ1n) is 5.76. The van der Waals surface area contributed by atoms with Crippen molar-refractivity contribution in [3.63, 3.8) is 0 Å². The highest BCUT2D eigenvalue weighted by atomic mass is 35.5. The van der Waals surface area contributed by atoms with Gasteiger partial charge in [-0.1, -0.05) is 17.7 Å². The molecule has 1 rings (SSSR count). The van der Waals surface area contributed by atoms with Gasteiger partial charge in [-0.25, -0.2) is 9.98 Å². The van der Waals surface area contributed by atoms with Crippen molar-refractivity contribution in [2.24, 2.45) is 4.99 Å². The Hall–Kier alpha value is -2.15. The Balaban J connectivity index is 2.85. The number of halogens is 1. The first kappa shape index (κ1) is 15.9. The number of rotatable bonds is 6. The number of pyridine rings is 1. The maximum Gasteiger partial charge on any atom is 0.276 e. The molecule has 0 aliphatic heterocycles. The summed E-state index contributed by atoms with van der Waals surface area (Å²) in [5.74, 6) is 0.249. The zero-order valence-corrected chi connectivity index (χ0v) is 12.3. The summed E-state index contributed by atoms with van der Waals surface area (Å²) in [4.78, 5) is 21.5. The highest BCUT2D eigenvalue weighted by Crippen LogP contribution is 2.11. The van der Waals surface area contributed by atoms with Crippen molar-refractivity contribution in [3.8, 4) is 0 Å². The molecule has 1 heterocycles. The van der Waals surface area contributed by atoms with E-state index in [2.05, 4.69) is 9.98 Å². The predicted molar refractivity (Wildman–Crippen MR) is 78.0 cm³/mol. The fourth-order valence-corrected chi connectivity index (χ4v) is 1.47. The van der Waals surface area contributed by atoms with Crippen LogP contribution in [0.15, 0.2) is 35.3 Å². The van der Waals surface area contributed by atoms with E-state index >= 15 is 0 Å². The average molecular weight is 298 g/mol. The molecule has 0 aliphatic rings. The fraction of sp³-hybridized carbons (Fsp3) is 0.333. The van der Waals surface area contributed by atoms with Crippen molar-refractivity contribution >= 4 is 17.9 Å². The Morgan fingerprint density at radius 3 is 2.70 bits per heavy atom. The van der Waals surface area contributed by atoms with Gasteiger partial charge in [0.25, 0.3) is 6.20 Å². The molecule has 0 atom stereocenters. The molecule has 0 fully saturated rings. The molecule has 0 aliphatic carbocycles. The number of nitrogens with zero attached hydrogens (tertiary/aromatic N) is 5. The zero-order chi connectivity index (χ0) is 15.1. The Bertz CT molecular complexity index is 513. The lowest BCUT2D eigenvalue weighted by Gasteiger charge is -2.17. The van der Waals surface area contributed by atoms with Gasteiger partial charge in [-0.3, -0.25) is 10.1 Å². The minimum Gasteiger partial charge on any atom is -0.369 e. The summed E-state index contributed by atoms with van der Waals surface area (Å²) in [6.45, 7) is 0.439. The second-order valence-corrected chi connectivity index (χ2v) is 4.71. The van der Waals surface area contributed by atoms with Crippen molar-refractivity contribution in [1.29, 1.82) is 0 Å². The second-order valence-electron chi connectivity index (χ2n) is 4.33. The van der Waals surface area contributed by atoms with Gasteiger partial charge in [0.1, 0.15) is 5.15 Å². The van der Waals surface area contributed by atoms with E-state index in [9.17, 15) is 10.1 Å². The number of hydrogen-bond donors (Lipinski definition) is 0. The van der Waals surface area contributed by atoms with Crippen molar-refractivity contribution in [3.05, 3.63) is 51.2 Å². The molecule has 0 saturated heterocycles. The minimum atomic E-state index is -0.529. The summed E-state index contributed by atoms with van der Waals surface area (Å²) in [5, 5.41) is 11.0. The maximum absolute atomic E-state index is 10.6. The van der Waals surface area contributed by atoms with Crippen LogP contribution in [0, 0.1) is 10.1 Å². The van der Waals surface area contributed by atoms with Gasteiger partial charge in [0.05, 0.1) is 11.3 Å². The van der Waals surface area contributed by atoms with Crippen LogP contribution in [0.4, 0.5) is 0 Å². The van der Waals surface area contributed by atoms with Crippen molar-refractivity contribution in [2.75, 3.05) is 21.1 Å². The van der Waals surface area contributed by atoms with Crippen LogP contribution in [0.3, 0.4) is 0 Å². The smallest absolute Gasteiger partial charge is 0.276 e. The van der Waals surface area contributed by atoms with E-state index in [1.54, 1.807) is 43.2 Å². The van der Waals surface area contributed by atoms with Crippen LogP contribution < -0.4 is 0 Å². The van der Waals surface area contributed by atoms with Crippen LogP contribution in [-0.4, -0.2) is 47.2 Å². The highest BCUT2D eigenvalue weighted by Gasteiger charge is 2.09. The minimum absolute atomic E-state index is 0.249. The van der Waals surface area contributed by atoms with Crippen molar-refractivity contribution in [2.45, 2.75) is 6.54 Å². The third-order valence-corrected chi connectivity index (χ3v) is 2.46. The van der Waals surface area contributed by atoms with Crippen LogP contribution in [-0.2, 0) is 6.54 Å².